The van der Waals surface area contributed by atoms with Crippen LogP contribution in [0, 0.1) is 0 Å². The first-order chi connectivity index (χ1) is 17.4. The van der Waals surface area contributed by atoms with E-state index in [4.69, 9.17) is 4.74 Å². The number of carbonyl (C=O) groups excluding carboxylic acids is 1. The molecule has 0 bridgehead atoms. The van der Waals surface area contributed by atoms with E-state index in [0.29, 0.717) is 18.5 Å². The molecule has 0 saturated carbocycles. The zero-order valence-electron chi connectivity index (χ0n) is 21.0. The molecule has 0 fully saturated rings. The average molecular weight is 507 g/mol. The van der Waals surface area contributed by atoms with Gasteiger partial charge >= 0.3 is 5.97 Å². The van der Waals surface area contributed by atoms with Crippen LogP contribution in [0.4, 0.5) is 0 Å². The molecule has 1 aliphatic carbocycles. The number of carboxylic acid groups (broad SMARTS) is 1. The van der Waals surface area contributed by atoms with Crippen LogP contribution < -0.4 is 10.6 Å². The number of carboxylic acids is 1. The topological polar surface area (TPSA) is 87.7 Å². The zero-order valence-corrected chi connectivity index (χ0v) is 21.8. The highest BCUT2D eigenvalue weighted by atomic mass is 32.1. The van der Waals surface area contributed by atoms with Gasteiger partial charge in [-0.3, -0.25) is 4.79 Å². The molecule has 1 aliphatic rings. The van der Waals surface area contributed by atoms with Gasteiger partial charge in [0.15, 0.2) is 0 Å². The van der Waals surface area contributed by atoms with Gasteiger partial charge in [0.2, 0.25) is 5.91 Å². The molecule has 36 heavy (non-hydrogen) atoms. The van der Waals surface area contributed by atoms with Crippen molar-refractivity contribution in [3.63, 3.8) is 0 Å². The number of benzene rings is 2. The van der Waals surface area contributed by atoms with E-state index in [-0.39, 0.29) is 24.1 Å². The lowest BCUT2D eigenvalue weighted by Gasteiger charge is -2.38. The molecule has 6 nitrogen and oxygen atoms in total. The quantitative estimate of drug-likeness (QED) is 0.337. The van der Waals surface area contributed by atoms with Gasteiger partial charge in [0, 0.05) is 29.8 Å². The Morgan fingerprint density at radius 3 is 2.47 bits per heavy atom. The second-order valence-electron chi connectivity index (χ2n) is 9.32. The molecule has 7 heteroatoms. The minimum Gasteiger partial charge on any atom is -0.478 e. The molecule has 3 atom stereocenters. The van der Waals surface area contributed by atoms with Crippen molar-refractivity contribution < 1.29 is 19.4 Å². The summed E-state index contributed by atoms with van der Waals surface area (Å²) in [6.07, 6.45) is 3.10. The number of amides is 1. The normalized spacial score (nSPS) is 19.9. The summed E-state index contributed by atoms with van der Waals surface area (Å²) >= 11 is 1.74. The van der Waals surface area contributed by atoms with Crippen LogP contribution in [-0.4, -0.2) is 41.3 Å². The van der Waals surface area contributed by atoms with Gasteiger partial charge in [-0.2, -0.15) is 0 Å². The summed E-state index contributed by atoms with van der Waals surface area (Å²) in [6, 6.07) is 16.4. The van der Waals surface area contributed by atoms with E-state index in [0.717, 1.165) is 24.0 Å². The Kier molecular flexibility index (Phi) is 8.56. The van der Waals surface area contributed by atoms with Crippen LogP contribution in [-0.2, 0) is 20.9 Å². The molecule has 3 aromatic rings. The van der Waals surface area contributed by atoms with E-state index in [9.17, 15) is 14.7 Å². The smallest absolute Gasteiger partial charge is 0.331 e. The highest BCUT2D eigenvalue weighted by Crippen LogP contribution is 2.28. The maximum absolute atomic E-state index is 12.0. The Morgan fingerprint density at radius 1 is 1.08 bits per heavy atom. The van der Waals surface area contributed by atoms with Crippen LogP contribution >= 0.6 is 11.3 Å². The van der Waals surface area contributed by atoms with Crippen LogP contribution in [0.2, 0.25) is 0 Å². The molecule has 0 saturated heterocycles. The molecule has 1 aromatic heterocycles. The summed E-state index contributed by atoms with van der Waals surface area (Å²) in [5.74, 6) is -1.11. The Balaban J connectivity index is 1.49. The predicted octanol–water partition coefficient (Wildman–Crippen LogP) is 5.52. The largest absolute Gasteiger partial charge is 0.478 e. The highest BCUT2D eigenvalue weighted by molar-refractivity contribution is 7.17. The van der Waals surface area contributed by atoms with Gasteiger partial charge in [0.25, 0.3) is 0 Å². The summed E-state index contributed by atoms with van der Waals surface area (Å²) < 4.78 is 7.54. The lowest BCUT2D eigenvalue weighted by Crippen LogP contribution is -2.58. The summed E-state index contributed by atoms with van der Waals surface area (Å²) in [6.45, 7) is 6.12. The van der Waals surface area contributed by atoms with E-state index >= 15 is 0 Å². The van der Waals surface area contributed by atoms with Crippen molar-refractivity contribution in [2.45, 2.75) is 70.9 Å². The first-order valence-electron chi connectivity index (χ1n) is 12.5. The van der Waals surface area contributed by atoms with Gasteiger partial charge in [0.1, 0.15) is 0 Å². The summed E-state index contributed by atoms with van der Waals surface area (Å²) in [7, 11) is 0. The van der Waals surface area contributed by atoms with Crippen LogP contribution in [0.5, 0.6) is 0 Å². The van der Waals surface area contributed by atoms with Crippen LogP contribution in [0.3, 0.4) is 0 Å². The van der Waals surface area contributed by atoms with Crippen molar-refractivity contribution in [1.29, 1.82) is 0 Å². The SMILES string of the molecule is CCC(CC)O[C@@H]1C=C(C(=O)O)C[C@H](NCc2ccc(-c3ccc4sccc4c3)cc2)[C@H]1NC(C)=O. The highest BCUT2D eigenvalue weighted by Gasteiger charge is 2.37. The average Bonchev–Trinajstić information content (AvgIpc) is 3.35. The van der Waals surface area contributed by atoms with Crippen LogP contribution in [0.15, 0.2) is 65.6 Å². The predicted molar refractivity (Wildman–Crippen MR) is 145 cm³/mol. The lowest BCUT2D eigenvalue weighted by atomic mass is 9.87. The van der Waals surface area contributed by atoms with Gasteiger partial charge in [-0.25, -0.2) is 4.79 Å². The summed E-state index contributed by atoms with van der Waals surface area (Å²) in [5.41, 5.74) is 3.72. The van der Waals surface area contributed by atoms with Gasteiger partial charge in [-0.05, 0) is 71.0 Å². The van der Waals surface area contributed by atoms with E-state index in [1.807, 2.05) is 13.8 Å². The fraction of sp³-hybridized carbons (Fsp3) is 0.379. The number of hydrogen-bond donors (Lipinski definition) is 3. The number of hydrogen-bond acceptors (Lipinski definition) is 5. The molecule has 4 rings (SSSR count). The van der Waals surface area contributed by atoms with Gasteiger partial charge in [-0.15, -0.1) is 11.3 Å². The minimum absolute atomic E-state index is 0.00264. The summed E-state index contributed by atoms with van der Waals surface area (Å²) in [4.78, 5) is 23.9. The second kappa shape index (κ2) is 11.8. The van der Waals surface area contributed by atoms with Crippen molar-refractivity contribution >= 4 is 33.3 Å². The Labute approximate surface area is 216 Å². The number of carbonyl (C=O) groups is 2. The zero-order chi connectivity index (χ0) is 25.7. The molecule has 0 radical (unpaired) electrons. The monoisotopic (exact) mass is 506 g/mol. The maximum atomic E-state index is 12.0. The Morgan fingerprint density at radius 2 is 1.81 bits per heavy atom. The third-order valence-corrected chi connectivity index (χ3v) is 7.70. The van der Waals surface area contributed by atoms with E-state index in [1.54, 1.807) is 17.4 Å². The maximum Gasteiger partial charge on any atom is 0.331 e. The van der Waals surface area contributed by atoms with Gasteiger partial charge in [0.05, 0.1) is 18.2 Å². The van der Waals surface area contributed by atoms with Crippen molar-refractivity contribution in [2.75, 3.05) is 0 Å². The Bertz CT molecular complexity index is 1230. The second-order valence-corrected chi connectivity index (χ2v) is 10.3. The third-order valence-electron chi connectivity index (χ3n) is 6.81. The minimum atomic E-state index is -0.951. The molecule has 2 aromatic carbocycles. The van der Waals surface area contributed by atoms with Crippen molar-refractivity contribution in [3.05, 3.63) is 71.1 Å². The number of aliphatic carboxylic acids is 1. The summed E-state index contributed by atoms with van der Waals surface area (Å²) in [5, 5.41) is 19.6. The van der Waals surface area contributed by atoms with Crippen molar-refractivity contribution in [3.8, 4) is 11.1 Å². The molecule has 1 heterocycles. The molecule has 0 aliphatic heterocycles. The molecular weight excluding hydrogens is 472 g/mol. The standard InChI is InChI=1S/C29H34N2O4S/c1-4-24(5-2)35-26-16-23(29(33)34)15-25(28(26)31-18(3)32)30-17-19-6-8-20(9-7-19)21-10-11-27-22(14-21)12-13-36-27/h6-14,16,24-26,28,30H,4-5,15,17H2,1-3H3,(H,31,32)(H,33,34)/t25-,26+,28+/m0/s1. The van der Waals surface area contributed by atoms with E-state index in [1.165, 1.54) is 22.6 Å². The fourth-order valence-electron chi connectivity index (χ4n) is 4.78. The number of rotatable bonds is 10. The molecule has 3 N–H and O–H groups in total. The molecule has 0 spiro atoms. The molecule has 0 unspecified atom stereocenters. The van der Waals surface area contributed by atoms with Crippen LogP contribution in [0.1, 0.15) is 45.6 Å². The number of thiophene rings is 1. The number of ether oxygens (including phenoxy) is 1. The first-order valence-corrected chi connectivity index (χ1v) is 13.4. The van der Waals surface area contributed by atoms with Gasteiger partial charge < -0.3 is 20.5 Å². The Hall–Kier alpha value is -3.00. The number of fused-ring (bicyclic) bond motifs is 1. The van der Waals surface area contributed by atoms with Crippen molar-refractivity contribution in [1.82, 2.24) is 10.6 Å². The number of nitrogens with one attached hydrogen (secondary N) is 2. The molecule has 1 amide bonds. The fourth-order valence-corrected chi connectivity index (χ4v) is 5.55. The first kappa shape index (κ1) is 26.1. The van der Waals surface area contributed by atoms with E-state index in [2.05, 4.69) is 64.5 Å². The molecular formula is C29H34N2O4S. The van der Waals surface area contributed by atoms with Gasteiger partial charge in [-0.1, -0.05) is 44.2 Å². The van der Waals surface area contributed by atoms with Crippen molar-refractivity contribution in [2.24, 2.45) is 0 Å². The lowest BCUT2D eigenvalue weighted by molar-refractivity contribution is -0.133. The van der Waals surface area contributed by atoms with E-state index < -0.39 is 12.1 Å². The van der Waals surface area contributed by atoms with Crippen LogP contribution in [0.25, 0.3) is 21.2 Å². The molecule has 190 valence electrons. The third kappa shape index (κ3) is 6.22.